The predicted molar refractivity (Wildman–Crippen MR) is 48.8 cm³/mol. The third kappa shape index (κ3) is 1.79. The summed E-state index contributed by atoms with van der Waals surface area (Å²) < 4.78 is 25.3. The van der Waals surface area contributed by atoms with Gasteiger partial charge >= 0.3 is 0 Å². The fourth-order valence-electron chi connectivity index (χ4n) is 1.35. The van der Waals surface area contributed by atoms with Gasteiger partial charge in [-0.15, -0.1) is 0 Å². The first-order valence-electron chi connectivity index (χ1n) is 3.83. The zero-order valence-electron chi connectivity index (χ0n) is 6.53. The second-order valence-electron chi connectivity index (χ2n) is 3.22. The lowest BCUT2D eigenvalue weighted by atomic mass is 10.1. The van der Waals surface area contributed by atoms with E-state index in [2.05, 4.69) is 0 Å². The van der Waals surface area contributed by atoms with Crippen LogP contribution in [0.15, 0.2) is 18.2 Å². The van der Waals surface area contributed by atoms with Crippen LogP contribution in [-0.2, 0) is 0 Å². The van der Waals surface area contributed by atoms with E-state index in [1.54, 1.807) is 12.1 Å². The van der Waals surface area contributed by atoms with Crippen molar-refractivity contribution in [2.24, 2.45) is 0 Å². The van der Waals surface area contributed by atoms with Gasteiger partial charge in [-0.3, -0.25) is 0 Å². The highest BCUT2D eigenvalue weighted by atomic mass is 35.5. The van der Waals surface area contributed by atoms with Crippen molar-refractivity contribution in [3.8, 4) is 0 Å². The van der Waals surface area contributed by atoms with E-state index in [1.165, 1.54) is 6.07 Å². The Kier molecular flexibility index (Phi) is 2.00. The summed E-state index contributed by atoms with van der Waals surface area (Å²) in [5, 5.41) is 0.815. The molecule has 1 aliphatic carbocycles. The number of benzene rings is 1. The van der Waals surface area contributed by atoms with Crippen molar-refractivity contribution >= 4 is 23.2 Å². The Balaban J connectivity index is 2.32. The summed E-state index contributed by atoms with van der Waals surface area (Å²) in [5.74, 6) is -3.25. The predicted octanol–water partition coefficient (Wildman–Crippen LogP) is 4.12. The molecule has 1 fully saturated rings. The lowest BCUT2D eigenvalue weighted by Crippen LogP contribution is -1.92. The van der Waals surface area contributed by atoms with Crippen molar-refractivity contribution in [3.05, 3.63) is 33.8 Å². The third-order valence-electron chi connectivity index (χ3n) is 2.11. The van der Waals surface area contributed by atoms with Gasteiger partial charge in [0.05, 0.1) is 5.92 Å². The summed E-state index contributed by atoms with van der Waals surface area (Å²) in [6.07, 6.45) is -0.0936. The molecule has 1 aliphatic rings. The maximum Gasteiger partial charge on any atom is 0.255 e. The van der Waals surface area contributed by atoms with E-state index in [-0.39, 0.29) is 6.42 Å². The summed E-state index contributed by atoms with van der Waals surface area (Å²) in [6, 6.07) is 4.62. The van der Waals surface area contributed by atoms with Crippen molar-refractivity contribution in [1.29, 1.82) is 0 Å². The molecule has 0 aliphatic heterocycles. The Morgan fingerprint density at radius 2 is 1.62 bits per heavy atom. The molecule has 2 rings (SSSR count). The Morgan fingerprint density at radius 3 is 2.00 bits per heavy atom. The van der Waals surface area contributed by atoms with E-state index >= 15 is 0 Å². The SMILES string of the molecule is FC1(F)CC1c1cc(Cl)cc(Cl)c1. The van der Waals surface area contributed by atoms with Crippen LogP contribution in [0.2, 0.25) is 10.0 Å². The monoisotopic (exact) mass is 222 g/mol. The Morgan fingerprint density at radius 1 is 1.15 bits per heavy atom. The Labute approximate surface area is 84.5 Å². The quantitative estimate of drug-likeness (QED) is 0.671. The minimum Gasteiger partial charge on any atom is -0.206 e. The molecule has 1 aromatic carbocycles. The number of alkyl halides is 2. The highest BCUT2D eigenvalue weighted by Gasteiger charge is 2.57. The molecule has 0 amide bonds. The van der Waals surface area contributed by atoms with Gasteiger partial charge in [0, 0.05) is 16.5 Å². The molecule has 13 heavy (non-hydrogen) atoms. The molecule has 0 N–H and O–H groups in total. The van der Waals surface area contributed by atoms with E-state index in [9.17, 15) is 8.78 Å². The van der Waals surface area contributed by atoms with Gasteiger partial charge in [0.15, 0.2) is 0 Å². The van der Waals surface area contributed by atoms with E-state index in [4.69, 9.17) is 23.2 Å². The fourth-order valence-corrected chi connectivity index (χ4v) is 1.89. The van der Waals surface area contributed by atoms with Crippen LogP contribution in [0.5, 0.6) is 0 Å². The molecular weight excluding hydrogens is 217 g/mol. The maximum atomic E-state index is 12.7. The minimum absolute atomic E-state index is 0.0936. The van der Waals surface area contributed by atoms with Crippen molar-refractivity contribution in [1.82, 2.24) is 0 Å². The smallest absolute Gasteiger partial charge is 0.206 e. The van der Waals surface area contributed by atoms with Gasteiger partial charge < -0.3 is 0 Å². The van der Waals surface area contributed by atoms with Crippen LogP contribution in [-0.4, -0.2) is 5.92 Å². The lowest BCUT2D eigenvalue weighted by molar-refractivity contribution is 0.112. The number of rotatable bonds is 1. The summed E-state index contributed by atoms with van der Waals surface area (Å²) >= 11 is 11.4. The first kappa shape index (κ1) is 9.22. The van der Waals surface area contributed by atoms with Crippen molar-refractivity contribution in [3.63, 3.8) is 0 Å². The van der Waals surface area contributed by atoms with Gasteiger partial charge in [-0.1, -0.05) is 23.2 Å². The highest BCUT2D eigenvalue weighted by Crippen LogP contribution is 2.56. The minimum atomic E-state index is -2.56. The molecule has 0 heterocycles. The molecule has 1 saturated carbocycles. The van der Waals surface area contributed by atoms with Crippen LogP contribution < -0.4 is 0 Å². The van der Waals surface area contributed by atoms with Gasteiger partial charge in [-0.25, -0.2) is 8.78 Å². The molecule has 1 atom stereocenters. The second-order valence-corrected chi connectivity index (χ2v) is 4.09. The summed E-state index contributed by atoms with van der Waals surface area (Å²) in [5.41, 5.74) is 0.530. The van der Waals surface area contributed by atoms with Crippen LogP contribution >= 0.6 is 23.2 Å². The maximum absolute atomic E-state index is 12.7. The first-order valence-corrected chi connectivity index (χ1v) is 4.58. The van der Waals surface area contributed by atoms with Gasteiger partial charge in [0.2, 0.25) is 0 Å². The second kappa shape index (κ2) is 2.82. The largest absolute Gasteiger partial charge is 0.255 e. The van der Waals surface area contributed by atoms with Crippen LogP contribution in [0.1, 0.15) is 17.9 Å². The molecule has 0 spiro atoms. The zero-order chi connectivity index (χ0) is 9.64. The van der Waals surface area contributed by atoms with E-state index in [1.807, 2.05) is 0 Å². The first-order chi connectivity index (χ1) is 5.99. The average molecular weight is 223 g/mol. The molecule has 1 aromatic rings. The molecule has 1 unspecified atom stereocenters. The van der Waals surface area contributed by atoms with Crippen molar-refractivity contribution < 1.29 is 8.78 Å². The summed E-state index contributed by atoms with van der Waals surface area (Å²) in [7, 11) is 0. The summed E-state index contributed by atoms with van der Waals surface area (Å²) in [4.78, 5) is 0. The van der Waals surface area contributed by atoms with Gasteiger partial charge in [0.1, 0.15) is 0 Å². The Hall–Kier alpha value is -0.340. The molecule has 0 radical (unpaired) electrons. The lowest BCUT2D eigenvalue weighted by Gasteiger charge is -2.01. The van der Waals surface area contributed by atoms with Crippen LogP contribution in [0.3, 0.4) is 0 Å². The molecule has 70 valence electrons. The summed E-state index contributed by atoms with van der Waals surface area (Å²) in [6.45, 7) is 0. The molecule has 0 nitrogen and oxygen atoms in total. The zero-order valence-corrected chi connectivity index (χ0v) is 8.04. The molecule has 0 aromatic heterocycles. The van der Waals surface area contributed by atoms with Gasteiger partial charge in [0.25, 0.3) is 5.92 Å². The van der Waals surface area contributed by atoms with Crippen LogP contribution in [0.4, 0.5) is 8.78 Å². The standard InChI is InChI=1S/C9H6Cl2F2/c10-6-1-5(2-7(11)3-6)8-4-9(8,12)13/h1-3,8H,4H2. The van der Waals surface area contributed by atoms with Crippen molar-refractivity contribution in [2.45, 2.75) is 18.3 Å². The fraction of sp³-hybridized carbons (Fsp3) is 0.333. The molecular formula is C9H6Cl2F2. The number of hydrogen-bond donors (Lipinski definition) is 0. The third-order valence-corrected chi connectivity index (χ3v) is 2.55. The van der Waals surface area contributed by atoms with Crippen molar-refractivity contribution in [2.75, 3.05) is 0 Å². The van der Waals surface area contributed by atoms with Crippen LogP contribution in [0.25, 0.3) is 0 Å². The molecule has 4 heteroatoms. The molecule has 0 bridgehead atoms. The van der Waals surface area contributed by atoms with E-state index < -0.39 is 11.8 Å². The molecule has 0 saturated heterocycles. The van der Waals surface area contributed by atoms with E-state index in [0.717, 1.165) is 0 Å². The highest BCUT2D eigenvalue weighted by molar-refractivity contribution is 6.34. The van der Waals surface area contributed by atoms with Gasteiger partial charge in [-0.2, -0.15) is 0 Å². The normalized spacial score (nSPS) is 24.5. The topological polar surface area (TPSA) is 0 Å². The number of hydrogen-bond acceptors (Lipinski definition) is 0. The van der Waals surface area contributed by atoms with E-state index in [0.29, 0.717) is 15.6 Å². The number of halogens is 4. The van der Waals surface area contributed by atoms with Crippen LogP contribution in [0, 0.1) is 0 Å². The average Bonchev–Trinajstić information content (AvgIpc) is 2.57. The Bertz CT molecular complexity index is 329. The van der Waals surface area contributed by atoms with Gasteiger partial charge in [-0.05, 0) is 23.8 Å².